The van der Waals surface area contributed by atoms with Gasteiger partial charge in [-0.2, -0.15) is 0 Å². The molecule has 19 heavy (non-hydrogen) atoms. The molecular formula is C13H16N2O4. The zero-order valence-corrected chi connectivity index (χ0v) is 10.6. The highest BCUT2D eigenvalue weighted by molar-refractivity contribution is 5.97. The van der Waals surface area contributed by atoms with Crippen LogP contribution >= 0.6 is 0 Å². The SMILES string of the molecule is CN1CC(NC(=O)c2cccc(O)c2O)CCC1=O. The van der Waals surface area contributed by atoms with E-state index < -0.39 is 11.7 Å². The molecule has 1 aliphatic rings. The van der Waals surface area contributed by atoms with Gasteiger partial charge in [-0.1, -0.05) is 6.07 Å². The number of nitrogens with one attached hydrogen (secondary N) is 1. The van der Waals surface area contributed by atoms with Crippen molar-refractivity contribution >= 4 is 11.8 Å². The van der Waals surface area contributed by atoms with Gasteiger partial charge in [0.25, 0.3) is 5.91 Å². The van der Waals surface area contributed by atoms with Gasteiger partial charge in [0, 0.05) is 26.1 Å². The number of rotatable bonds is 2. The van der Waals surface area contributed by atoms with E-state index in [0.29, 0.717) is 19.4 Å². The molecule has 102 valence electrons. The minimum Gasteiger partial charge on any atom is -0.504 e. The molecule has 6 nitrogen and oxygen atoms in total. The Balaban J connectivity index is 2.05. The summed E-state index contributed by atoms with van der Waals surface area (Å²) in [6.45, 7) is 0.449. The molecule has 0 radical (unpaired) electrons. The number of hydrogen-bond acceptors (Lipinski definition) is 4. The Morgan fingerprint density at radius 2 is 2.16 bits per heavy atom. The van der Waals surface area contributed by atoms with E-state index in [2.05, 4.69) is 5.32 Å². The number of nitrogens with zero attached hydrogens (tertiary/aromatic N) is 1. The molecule has 0 aliphatic carbocycles. The van der Waals surface area contributed by atoms with Crippen molar-refractivity contribution in [1.82, 2.24) is 10.2 Å². The fourth-order valence-electron chi connectivity index (χ4n) is 2.11. The van der Waals surface area contributed by atoms with Crippen LogP contribution in [0.4, 0.5) is 0 Å². The Hall–Kier alpha value is -2.24. The molecule has 1 heterocycles. The van der Waals surface area contributed by atoms with Crippen molar-refractivity contribution < 1.29 is 19.8 Å². The molecule has 3 N–H and O–H groups in total. The van der Waals surface area contributed by atoms with Gasteiger partial charge >= 0.3 is 0 Å². The lowest BCUT2D eigenvalue weighted by molar-refractivity contribution is -0.132. The molecular weight excluding hydrogens is 248 g/mol. The van der Waals surface area contributed by atoms with Gasteiger partial charge in [0.15, 0.2) is 11.5 Å². The summed E-state index contributed by atoms with van der Waals surface area (Å²) in [5, 5.41) is 21.7. The van der Waals surface area contributed by atoms with Crippen LogP contribution in [0, 0.1) is 0 Å². The van der Waals surface area contributed by atoms with Crippen molar-refractivity contribution in [1.29, 1.82) is 0 Å². The molecule has 1 aliphatic heterocycles. The van der Waals surface area contributed by atoms with Crippen molar-refractivity contribution in [3.8, 4) is 11.5 Å². The number of piperidine rings is 1. The van der Waals surface area contributed by atoms with Crippen LogP contribution in [0.3, 0.4) is 0 Å². The molecule has 2 rings (SSSR count). The molecule has 0 aromatic heterocycles. The first kappa shape index (κ1) is 13.2. The largest absolute Gasteiger partial charge is 0.504 e. The molecule has 1 atom stereocenters. The molecule has 2 amide bonds. The number of carbonyl (C=O) groups excluding carboxylic acids is 2. The lowest BCUT2D eigenvalue weighted by atomic mass is 10.0. The standard InChI is InChI=1S/C13H16N2O4/c1-15-7-8(5-6-11(15)17)14-13(19)9-3-2-4-10(16)12(9)18/h2-4,8,16,18H,5-7H2,1H3,(H,14,19). The third kappa shape index (κ3) is 2.78. The Morgan fingerprint density at radius 1 is 1.42 bits per heavy atom. The molecule has 1 saturated heterocycles. The van der Waals surface area contributed by atoms with Gasteiger partial charge < -0.3 is 20.4 Å². The van der Waals surface area contributed by atoms with E-state index in [9.17, 15) is 19.8 Å². The number of hydrogen-bond donors (Lipinski definition) is 3. The molecule has 6 heteroatoms. The molecule has 1 aromatic rings. The van der Waals surface area contributed by atoms with Gasteiger partial charge in [0.05, 0.1) is 5.56 Å². The summed E-state index contributed by atoms with van der Waals surface area (Å²) in [5.74, 6) is -1.16. The topological polar surface area (TPSA) is 89.9 Å². The fourth-order valence-corrected chi connectivity index (χ4v) is 2.11. The zero-order valence-electron chi connectivity index (χ0n) is 10.6. The second-order valence-corrected chi connectivity index (χ2v) is 4.66. The van der Waals surface area contributed by atoms with E-state index in [1.54, 1.807) is 11.9 Å². The summed E-state index contributed by atoms with van der Waals surface area (Å²) in [6, 6.07) is 4.08. The van der Waals surface area contributed by atoms with Crippen LogP contribution in [0.1, 0.15) is 23.2 Å². The van der Waals surface area contributed by atoms with Gasteiger partial charge in [-0.05, 0) is 18.6 Å². The third-order valence-electron chi connectivity index (χ3n) is 3.22. The van der Waals surface area contributed by atoms with Crippen LogP contribution in [0.15, 0.2) is 18.2 Å². The van der Waals surface area contributed by atoms with E-state index in [-0.39, 0.29) is 23.3 Å². The maximum absolute atomic E-state index is 12.0. The summed E-state index contributed by atoms with van der Waals surface area (Å²) in [7, 11) is 1.69. The van der Waals surface area contributed by atoms with Crippen molar-refractivity contribution in [3.63, 3.8) is 0 Å². The van der Waals surface area contributed by atoms with E-state index in [1.807, 2.05) is 0 Å². The fraction of sp³-hybridized carbons (Fsp3) is 0.385. The minimum absolute atomic E-state index is 0.0274. The molecule has 0 spiro atoms. The summed E-state index contributed by atoms with van der Waals surface area (Å²) in [6.07, 6.45) is 0.974. The Labute approximate surface area is 110 Å². The second-order valence-electron chi connectivity index (χ2n) is 4.66. The summed E-state index contributed by atoms with van der Waals surface area (Å²) >= 11 is 0. The Bertz CT molecular complexity index is 515. The van der Waals surface area contributed by atoms with E-state index in [1.165, 1.54) is 18.2 Å². The highest BCUT2D eigenvalue weighted by Crippen LogP contribution is 2.28. The normalized spacial score (nSPS) is 19.3. The van der Waals surface area contributed by atoms with Gasteiger partial charge in [0.2, 0.25) is 5.91 Å². The molecule has 1 unspecified atom stereocenters. The van der Waals surface area contributed by atoms with Crippen LogP contribution in [0.2, 0.25) is 0 Å². The lowest BCUT2D eigenvalue weighted by Gasteiger charge is -2.30. The molecule has 1 aromatic carbocycles. The van der Waals surface area contributed by atoms with E-state index in [4.69, 9.17) is 0 Å². The summed E-state index contributed by atoms with van der Waals surface area (Å²) in [5.41, 5.74) is 0.0274. The first-order chi connectivity index (χ1) is 8.99. The van der Waals surface area contributed by atoms with Crippen LogP contribution in [0.5, 0.6) is 11.5 Å². The number of benzene rings is 1. The predicted octanol–water partition coefficient (Wildman–Crippen LogP) is 0.448. The Morgan fingerprint density at radius 3 is 2.84 bits per heavy atom. The zero-order chi connectivity index (χ0) is 14.0. The van der Waals surface area contributed by atoms with Gasteiger partial charge in [-0.3, -0.25) is 9.59 Å². The maximum Gasteiger partial charge on any atom is 0.255 e. The van der Waals surface area contributed by atoms with Crippen LogP contribution in [-0.2, 0) is 4.79 Å². The number of likely N-dealkylation sites (N-methyl/N-ethyl adjacent to an activating group) is 1. The Kier molecular flexibility index (Phi) is 3.59. The number of carbonyl (C=O) groups is 2. The number of para-hydroxylation sites is 1. The number of likely N-dealkylation sites (tertiary alicyclic amines) is 1. The average Bonchev–Trinajstić information content (AvgIpc) is 2.37. The highest BCUT2D eigenvalue weighted by atomic mass is 16.3. The van der Waals surface area contributed by atoms with E-state index >= 15 is 0 Å². The van der Waals surface area contributed by atoms with Crippen LogP contribution < -0.4 is 5.32 Å². The van der Waals surface area contributed by atoms with Crippen molar-refractivity contribution in [2.75, 3.05) is 13.6 Å². The first-order valence-electron chi connectivity index (χ1n) is 6.05. The minimum atomic E-state index is -0.457. The van der Waals surface area contributed by atoms with Crippen molar-refractivity contribution in [3.05, 3.63) is 23.8 Å². The average molecular weight is 264 g/mol. The highest BCUT2D eigenvalue weighted by Gasteiger charge is 2.25. The third-order valence-corrected chi connectivity index (χ3v) is 3.22. The van der Waals surface area contributed by atoms with Crippen molar-refractivity contribution in [2.24, 2.45) is 0 Å². The van der Waals surface area contributed by atoms with Gasteiger partial charge in [-0.25, -0.2) is 0 Å². The first-order valence-corrected chi connectivity index (χ1v) is 6.05. The van der Waals surface area contributed by atoms with Crippen molar-refractivity contribution in [2.45, 2.75) is 18.9 Å². The smallest absolute Gasteiger partial charge is 0.255 e. The number of aromatic hydroxyl groups is 2. The second kappa shape index (κ2) is 5.17. The summed E-state index contributed by atoms with van der Waals surface area (Å²) < 4.78 is 0. The van der Waals surface area contributed by atoms with Crippen LogP contribution in [0.25, 0.3) is 0 Å². The summed E-state index contributed by atoms with van der Waals surface area (Å²) in [4.78, 5) is 24.9. The van der Waals surface area contributed by atoms with E-state index in [0.717, 1.165) is 0 Å². The maximum atomic E-state index is 12.0. The predicted molar refractivity (Wildman–Crippen MR) is 67.9 cm³/mol. The van der Waals surface area contributed by atoms with Crippen LogP contribution in [-0.4, -0.2) is 46.6 Å². The molecule has 0 bridgehead atoms. The monoisotopic (exact) mass is 264 g/mol. The van der Waals surface area contributed by atoms with Gasteiger partial charge in [0.1, 0.15) is 0 Å². The number of phenols is 2. The van der Waals surface area contributed by atoms with Gasteiger partial charge in [-0.15, -0.1) is 0 Å². The molecule has 0 saturated carbocycles. The molecule has 1 fully saturated rings. The lowest BCUT2D eigenvalue weighted by Crippen LogP contribution is -2.48. The number of phenolic OH excluding ortho intramolecular Hbond substituents is 2. The quantitative estimate of drug-likeness (QED) is 0.676. The number of amides is 2.